The Morgan fingerprint density at radius 2 is 1.91 bits per heavy atom. The predicted octanol–water partition coefficient (Wildman–Crippen LogP) is 3.19. The fourth-order valence-electron chi connectivity index (χ4n) is 4.50. The van der Waals surface area contributed by atoms with E-state index in [2.05, 4.69) is 27.2 Å². The molecule has 1 amide bonds. The second kappa shape index (κ2) is 8.51. The summed E-state index contributed by atoms with van der Waals surface area (Å²) in [5.74, 6) is 0.823. The smallest absolute Gasteiger partial charge is 0.270 e. The summed E-state index contributed by atoms with van der Waals surface area (Å²) in [4.78, 5) is 32.4. The quantitative estimate of drug-likeness (QED) is 0.449. The summed E-state index contributed by atoms with van der Waals surface area (Å²) in [5.41, 5.74) is 2.88. The van der Waals surface area contributed by atoms with Gasteiger partial charge in [0.15, 0.2) is 0 Å². The molecular weight excluding hydrogens is 410 g/mol. The van der Waals surface area contributed by atoms with Gasteiger partial charge in [0.05, 0.1) is 17.5 Å². The minimum absolute atomic E-state index is 0.0299. The van der Waals surface area contributed by atoms with Crippen LogP contribution in [0.1, 0.15) is 29.9 Å². The minimum Gasteiger partial charge on any atom is -0.341 e. The lowest BCUT2D eigenvalue weighted by molar-refractivity contribution is -0.384. The number of nitro groups is 1. The van der Waals surface area contributed by atoms with Gasteiger partial charge in [-0.1, -0.05) is 41.6 Å². The second-order valence-electron chi connectivity index (χ2n) is 8.25. The van der Waals surface area contributed by atoms with Gasteiger partial charge in [0, 0.05) is 37.3 Å². The van der Waals surface area contributed by atoms with Crippen molar-refractivity contribution in [2.45, 2.75) is 38.4 Å². The zero-order valence-electron chi connectivity index (χ0n) is 17.5. The number of non-ortho nitro benzene ring substituents is 1. The highest BCUT2D eigenvalue weighted by molar-refractivity contribution is 5.83. The van der Waals surface area contributed by atoms with Crippen LogP contribution >= 0.6 is 0 Å². The average molecular weight is 433 g/mol. The zero-order chi connectivity index (χ0) is 22.1. The number of hydrogen-bond donors (Lipinski definition) is 0. The molecule has 0 aliphatic carbocycles. The Kier molecular flexibility index (Phi) is 5.40. The molecule has 2 aliphatic heterocycles. The van der Waals surface area contributed by atoms with E-state index in [0.717, 1.165) is 25.9 Å². The van der Waals surface area contributed by atoms with Crippen LogP contribution in [0.25, 0.3) is 11.4 Å². The fraction of sp³-hybridized carbons (Fsp3) is 0.348. The Hall–Kier alpha value is -3.59. The molecule has 0 saturated carbocycles. The average Bonchev–Trinajstić information content (AvgIpc) is 3.51. The number of rotatable bonds is 5. The van der Waals surface area contributed by atoms with E-state index in [0.29, 0.717) is 36.8 Å². The van der Waals surface area contributed by atoms with Crippen LogP contribution in [-0.2, 0) is 24.3 Å². The van der Waals surface area contributed by atoms with E-state index >= 15 is 0 Å². The van der Waals surface area contributed by atoms with Crippen molar-refractivity contribution in [1.82, 2.24) is 19.9 Å². The molecule has 2 aliphatic rings. The number of carbonyl (C=O) groups is 1. The molecule has 2 aromatic carbocycles. The number of nitrogens with zero attached hydrogens (tertiary/aromatic N) is 5. The molecule has 1 fully saturated rings. The highest BCUT2D eigenvalue weighted by Crippen LogP contribution is 2.28. The molecule has 32 heavy (non-hydrogen) atoms. The Balaban J connectivity index is 1.39. The third-order valence-corrected chi connectivity index (χ3v) is 6.17. The largest absolute Gasteiger partial charge is 0.341 e. The summed E-state index contributed by atoms with van der Waals surface area (Å²) in [6.45, 7) is 2.57. The minimum atomic E-state index is -0.454. The third kappa shape index (κ3) is 3.99. The molecule has 0 radical (unpaired) electrons. The molecule has 1 aromatic heterocycles. The third-order valence-electron chi connectivity index (χ3n) is 6.17. The SMILES string of the molecule is O=C([C@H]1Cc2ccccc2CN1Cc1nc(-c2cccc([N+](=O)[O-])c2)no1)N1CCCC1. The van der Waals surface area contributed by atoms with Crippen molar-refractivity contribution in [2.75, 3.05) is 13.1 Å². The number of amides is 1. The van der Waals surface area contributed by atoms with E-state index < -0.39 is 4.92 Å². The summed E-state index contributed by atoms with van der Waals surface area (Å²) in [7, 11) is 0. The molecule has 0 bridgehead atoms. The van der Waals surface area contributed by atoms with Crippen LogP contribution in [0.15, 0.2) is 53.1 Å². The van der Waals surface area contributed by atoms with Crippen molar-refractivity contribution < 1.29 is 14.2 Å². The van der Waals surface area contributed by atoms with Gasteiger partial charge >= 0.3 is 0 Å². The summed E-state index contributed by atoms with van der Waals surface area (Å²) < 4.78 is 5.47. The van der Waals surface area contributed by atoms with Crippen LogP contribution in [0.3, 0.4) is 0 Å². The molecule has 5 rings (SSSR count). The summed E-state index contributed by atoms with van der Waals surface area (Å²) in [6.07, 6.45) is 2.74. The van der Waals surface area contributed by atoms with Crippen molar-refractivity contribution in [1.29, 1.82) is 0 Å². The first kappa shape index (κ1) is 20.3. The molecule has 1 atom stereocenters. The maximum absolute atomic E-state index is 13.3. The summed E-state index contributed by atoms with van der Waals surface area (Å²) in [6, 6.07) is 14.0. The van der Waals surface area contributed by atoms with Gasteiger partial charge in [-0.15, -0.1) is 0 Å². The van der Waals surface area contributed by atoms with Crippen molar-refractivity contribution in [2.24, 2.45) is 0 Å². The van der Waals surface area contributed by atoms with Gasteiger partial charge in [-0.05, 0) is 30.4 Å². The molecule has 9 heteroatoms. The lowest BCUT2D eigenvalue weighted by Gasteiger charge is -2.37. The number of hydrogen-bond acceptors (Lipinski definition) is 7. The van der Waals surface area contributed by atoms with Gasteiger partial charge in [0.1, 0.15) is 0 Å². The van der Waals surface area contributed by atoms with Gasteiger partial charge < -0.3 is 9.42 Å². The van der Waals surface area contributed by atoms with E-state index in [1.807, 2.05) is 17.0 Å². The summed E-state index contributed by atoms with van der Waals surface area (Å²) >= 11 is 0. The maximum atomic E-state index is 13.3. The molecule has 3 heterocycles. The first-order valence-corrected chi connectivity index (χ1v) is 10.8. The number of aromatic nitrogens is 2. The lowest BCUT2D eigenvalue weighted by Crippen LogP contribution is -2.50. The zero-order valence-corrected chi connectivity index (χ0v) is 17.5. The molecule has 164 valence electrons. The summed E-state index contributed by atoms with van der Waals surface area (Å²) in [5, 5.41) is 15.1. The Bertz CT molecular complexity index is 1150. The fourth-order valence-corrected chi connectivity index (χ4v) is 4.50. The first-order valence-electron chi connectivity index (χ1n) is 10.8. The van der Waals surface area contributed by atoms with E-state index in [1.165, 1.54) is 23.3 Å². The molecule has 9 nitrogen and oxygen atoms in total. The predicted molar refractivity (Wildman–Crippen MR) is 115 cm³/mol. The monoisotopic (exact) mass is 433 g/mol. The van der Waals surface area contributed by atoms with Gasteiger partial charge in [0.25, 0.3) is 5.69 Å². The van der Waals surface area contributed by atoms with Crippen molar-refractivity contribution in [3.63, 3.8) is 0 Å². The van der Waals surface area contributed by atoms with Crippen LogP contribution in [0, 0.1) is 10.1 Å². The second-order valence-corrected chi connectivity index (χ2v) is 8.25. The first-order chi connectivity index (χ1) is 15.6. The van der Waals surface area contributed by atoms with Gasteiger partial charge in [-0.3, -0.25) is 19.8 Å². The molecule has 0 spiro atoms. The standard InChI is InChI=1S/C23H23N5O4/c29-23(26-10-3-4-11-26)20-13-16-6-1-2-7-18(16)14-27(20)15-21-24-22(25-32-21)17-8-5-9-19(12-17)28(30)31/h1-2,5-9,12,20H,3-4,10-11,13-15H2/t20-/m1/s1. The van der Waals surface area contributed by atoms with E-state index in [4.69, 9.17) is 4.52 Å². The van der Waals surface area contributed by atoms with E-state index in [9.17, 15) is 14.9 Å². The van der Waals surface area contributed by atoms with Crippen molar-refractivity contribution >= 4 is 11.6 Å². The van der Waals surface area contributed by atoms with Crippen LogP contribution in [0.5, 0.6) is 0 Å². The molecule has 0 unspecified atom stereocenters. The van der Waals surface area contributed by atoms with Gasteiger partial charge in [-0.2, -0.15) is 4.98 Å². The number of carbonyl (C=O) groups excluding carboxylic acids is 1. The Morgan fingerprint density at radius 1 is 1.12 bits per heavy atom. The van der Waals surface area contributed by atoms with Crippen LogP contribution < -0.4 is 0 Å². The number of benzene rings is 2. The Labute approximate surface area is 184 Å². The van der Waals surface area contributed by atoms with E-state index in [1.54, 1.807) is 12.1 Å². The number of nitro benzene ring substituents is 1. The van der Waals surface area contributed by atoms with Crippen molar-refractivity contribution in [3.8, 4) is 11.4 Å². The molecule has 3 aromatic rings. The normalized spacial score (nSPS) is 18.5. The Morgan fingerprint density at radius 3 is 2.69 bits per heavy atom. The van der Waals surface area contributed by atoms with Gasteiger partial charge in [-0.25, -0.2) is 0 Å². The maximum Gasteiger partial charge on any atom is 0.270 e. The lowest BCUT2D eigenvalue weighted by atomic mass is 9.93. The van der Waals surface area contributed by atoms with Gasteiger partial charge in [0.2, 0.25) is 17.6 Å². The molecule has 1 saturated heterocycles. The topological polar surface area (TPSA) is 106 Å². The molecular formula is C23H23N5O4. The van der Waals surface area contributed by atoms with Crippen LogP contribution in [0.2, 0.25) is 0 Å². The number of fused-ring (bicyclic) bond motifs is 1. The van der Waals surface area contributed by atoms with Crippen LogP contribution in [0.4, 0.5) is 5.69 Å². The van der Waals surface area contributed by atoms with Crippen molar-refractivity contribution in [3.05, 3.63) is 75.7 Å². The highest BCUT2D eigenvalue weighted by atomic mass is 16.6. The van der Waals surface area contributed by atoms with E-state index in [-0.39, 0.29) is 17.6 Å². The number of likely N-dealkylation sites (tertiary alicyclic amines) is 1. The highest BCUT2D eigenvalue weighted by Gasteiger charge is 2.35. The van der Waals surface area contributed by atoms with Crippen LogP contribution in [-0.4, -0.2) is 49.9 Å². The molecule has 0 N–H and O–H groups in total.